The zero-order valence-electron chi connectivity index (χ0n) is 14.1. The first kappa shape index (κ1) is 17.6. The van der Waals surface area contributed by atoms with Crippen LogP contribution in [0.1, 0.15) is 11.1 Å². The molecular weight excluding hydrogens is 333 g/mol. The van der Waals surface area contributed by atoms with E-state index in [1.165, 1.54) is 12.1 Å². The van der Waals surface area contributed by atoms with E-state index in [4.69, 9.17) is 4.74 Å². The van der Waals surface area contributed by atoms with Gasteiger partial charge in [-0.15, -0.1) is 0 Å². The van der Waals surface area contributed by atoms with Crippen molar-refractivity contribution < 1.29 is 18.7 Å². The van der Waals surface area contributed by atoms with Crippen LogP contribution >= 0.6 is 0 Å². The van der Waals surface area contributed by atoms with Crippen molar-refractivity contribution in [2.24, 2.45) is 0 Å². The van der Waals surface area contributed by atoms with Crippen molar-refractivity contribution in [3.8, 4) is 0 Å². The van der Waals surface area contributed by atoms with E-state index in [2.05, 4.69) is 5.32 Å². The number of ether oxygens (including phenoxy) is 1. The molecule has 0 unspecified atom stereocenters. The molecule has 0 fully saturated rings. The molecule has 0 atom stereocenters. The zero-order chi connectivity index (χ0) is 18.4. The Labute approximate surface area is 150 Å². The minimum atomic E-state index is -0.569. The maximum absolute atomic E-state index is 13.1. The fraction of sp³-hybridized carbons (Fsp3) is 0.143. The summed E-state index contributed by atoms with van der Waals surface area (Å²) in [5.41, 5.74) is 1.45. The molecule has 26 heavy (non-hydrogen) atoms. The third-order valence-electron chi connectivity index (χ3n) is 3.95. The number of nitrogens with one attached hydrogen (secondary N) is 1. The SMILES string of the molecule is O=C(Cc1cccc2ccccc12)NCC(=O)OCc1cccc(F)c1. The lowest BCUT2D eigenvalue weighted by atomic mass is 10.0. The largest absolute Gasteiger partial charge is 0.460 e. The highest BCUT2D eigenvalue weighted by molar-refractivity contribution is 5.91. The summed E-state index contributed by atoms with van der Waals surface area (Å²) in [6.45, 7) is -0.255. The van der Waals surface area contributed by atoms with Crippen molar-refractivity contribution in [1.82, 2.24) is 5.32 Å². The van der Waals surface area contributed by atoms with Gasteiger partial charge in [0, 0.05) is 0 Å². The summed E-state index contributed by atoms with van der Waals surface area (Å²) >= 11 is 0. The Morgan fingerprint density at radius 1 is 0.962 bits per heavy atom. The molecule has 4 nitrogen and oxygen atoms in total. The lowest BCUT2D eigenvalue weighted by Gasteiger charge is -2.08. The van der Waals surface area contributed by atoms with Crippen LogP contribution in [0.4, 0.5) is 4.39 Å². The number of esters is 1. The Bertz CT molecular complexity index is 934. The number of carbonyl (C=O) groups excluding carboxylic acids is 2. The predicted molar refractivity (Wildman–Crippen MR) is 96.9 cm³/mol. The van der Waals surface area contributed by atoms with E-state index in [0.29, 0.717) is 5.56 Å². The standard InChI is InChI=1S/C21H18FNO3/c22-18-9-3-5-15(11-18)14-26-21(25)13-23-20(24)12-17-8-4-7-16-6-1-2-10-19(16)17/h1-11H,12-14H2,(H,23,24). The van der Waals surface area contributed by atoms with E-state index < -0.39 is 5.97 Å². The van der Waals surface area contributed by atoms with Gasteiger partial charge in [-0.25, -0.2) is 4.39 Å². The van der Waals surface area contributed by atoms with Crippen molar-refractivity contribution >= 4 is 22.6 Å². The number of carbonyl (C=O) groups is 2. The second-order valence-corrected chi connectivity index (χ2v) is 5.88. The van der Waals surface area contributed by atoms with Gasteiger partial charge in [-0.1, -0.05) is 54.6 Å². The van der Waals surface area contributed by atoms with Gasteiger partial charge in [0.15, 0.2) is 0 Å². The zero-order valence-corrected chi connectivity index (χ0v) is 14.1. The van der Waals surface area contributed by atoms with Crippen molar-refractivity contribution in [2.75, 3.05) is 6.54 Å². The predicted octanol–water partition coefficient (Wildman–Crippen LogP) is 3.38. The van der Waals surface area contributed by atoms with Crippen LogP contribution in [0, 0.1) is 5.82 Å². The Hall–Kier alpha value is -3.21. The lowest BCUT2D eigenvalue weighted by molar-refractivity contribution is -0.145. The second-order valence-electron chi connectivity index (χ2n) is 5.88. The van der Waals surface area contributed by atoms with Gasteiger partial charge >= 0.3 is 5.97 Å². The number of hydrogen-bond acceptors (Lipinski definition) is 3. The van der Waals surface area contributed by atoms with Gasteiger partial charge in [-0.05, 0) is 34.0 Å². The first-order valence-corrected chi connectivity index (χ1v) is 8.25. The summed E-state index contributed by atoms with van der Waals surface area (Å²) in [4.78, 5) is 23.9. The third-order valence-corrected chi connectivity index (χ3v) is 3.95. The van der Waals surface area contributed by atoms with Gasteiger partial charge in [0.1, 0.15) is 19.0 Å². The minimum absolute atomic E-state index is 0.0320. The molecule has 0 saturated heterocycles. The van der Waals surface area contributed by atoms with E-state index in [1.54, 1.807) is 12.1 Å². The van der Waals surface area contributed by atoms with Crippen LogP contribution in [0.15, 0.2) is 66.7 Å². The van der Waals surface area contributed by atoms with Gasteiger partial charge in [0.25, 0.3) is 0 Å². The van der Waals surface area contributed by atoms with E-state index >= 15 is 0 Å². The van der Waals surface area contributed by atoms with Crippen LogP contribution in [-0.2, 0) is 27.4 Å². The van der Waals surface area contributed by atoms with Crippen LogP contribution in [0.25, 0.3) is 10.8 Å². The van der Waals surface area contributed by atoms with E-state index in [1.807, 2.05) is 42.5 Å². The topological polar surface area (TPSA) is 55.4 Å². The van der Waals surface area contributed by atoms with Crippen molar-refractivity contribution in [3.05, 3.63) is 83.7 Å². The molecule has 0 aliphatic carbocycles. The summed E-state index contributed by atoms with van der Waals surface area (Å²) in [6.07, 6.45) is 0.179. The summed E-state index contributed by atoms with van der Waals surface area (Å²) in [5.74, 6) is -1.22. The molecule has 5 heteroatoms. The summed E-state index contributed by atoms with van der Waals surface area (Å²) in [7, 11) is 0. The fourth-order valence-electron chi connectivity index (χ4n) is 2.69. The van der Waals surface area contributed by atoms with E-state index in [0.717, 1.165) is 16.3 Å². The minimum Gasteiger partial charge on any atom is -0.460 e. The normalized spacial score (nSPS) is 10.5. The van der Waals surface area contributed by atoms with Crippen LogP contribution in [0.5, 0.6) is 0 Å². The molecule has 0 spiro atoms. The van der Waals surface area contributed by atoms with E-state index in [9.17, 15) is 14.0 Å². The monoisotopic (exact) mass is 351 g/mol. The summed E-state index contributed by atoms with van der Waals surface area (Å²) in [5, 5.41) is 4.63. The quantitative estimate of drug-likeness (QED) is 0.693. The molecule has 0 aliphatic rings. The van der Waals surface area contributed by atoms with Gasteiger partial charge < -0.3 is 10.1 Å². The molecule has 1 N–H and O–H groups in total. The molecular formula is C21H18FNO3. The number of hydrogen-bond donors (Lipinski definition) is 1. The lowest BCUT2D eigenvalue weighted by Crippen LogP contribution is -2.31. The molecule has 3 rings (SSSR count). The van der Waals surface area contributed by atoms with Crippen LogP contribution in [0.3, 0.4) is 0 Å². The number of benzene rings is 3. The van der Waals surface area contributed by atoms with Crippen LogP contribution < -0.4 is 5.32 Å². The van der Waals surface area contributed by atoms with Crippen LogP contribution in [-0.4, -0.2) is 18.4 Å². The highest BCUT2D eigenvalue weighted by atomic mass is 19.1. The molecule has 132 valence electrons. The molecule has 3 aromatic rings. The molecule has 0 aliphatic heterocycles. The van der Waals surface area contributed by atoms with E-state index in [-0.39, 0.29) is 31.3 Å². The number of fused-ring (bicyclic) bond motifs is 1. The number of halogens is 1. The number of rotatable bonds is 6. The molecule has 3 aromatic carbocycles. The van der Waals surface area contributed by atoms with Gasteiger partial charge in [-0.2, -0.15) is 0 Å². The van der Waals surface area contributed by atoms with Gasteiger partial charge in [-0.3, -0.25) is 9.59 Å². The molecule has 0 radical (unpaired) electrons. The average Bonchev–Trinajstić information content (AvgIpc) is 2.65. The second kappa shape index (κ2) is 8.25. The van der Waals surface area contributed by atoms with Gasteiger partial charge in [0.2, 0.25) is 5.91 Å². The Morgan fingerprint density at radius 2 is 1.73 bits per heavy atom. The fourth-order valence-corrected chi connectivity index (χ4v) is 2.69. The highest BCUT2D eigenvalue weighted by Gasteiger charge is 2.10. The highest BCUT2D eigenvalue weighted by Crippen LogP contribution is 2.18. The molecule has 0 bridgehead atoms. The van der Waals surface area contributed by atoms with Crippen LogP contribution in [0.2, 0.25) is 0 Å². The van der Waals surface area contributed by atoms with Crippen molar-refractivity contribution in [3.63, 3.8) is 0 Å². The first-order chi connectivity index (χ1) is 12.6. The smallest absolute Gasteiger partial charge is 0.325 e. The Balaban J connectivity index is 1.50. The van der Waals surface area contributed by atoms with Crippen molar-refractivity contribution in [1.29, 1.82) is 0 Å². The van der Waals surface area contributed by atoms with Gasteiger partial charge in [0.05, 0.1) is 6.42 Å². The van der Waals surface area contributed by atoms with Crippen molar-refractivity contribution in [2.45, 2.75) is 13.0 Å². The molecule has 1 amide bonds. The first-order valence-electron chi connectivity index (χ1n) is 8.25. The molecule has 0 heterocycles. The average molecular weight is 351 g/mol. The Kier molecular flexibility index (Phi) is 5.59. The maximum atomic E-state index is 13.1. The molecule has 0 aromatic heterocycles. The maximum Gasteiger partial charge on any atom is 0.325 e. The summed E-state index contributed by atoms with van der Waals surface area (Å²) in [6, 6.07) is 19.4. The third kappa shape index (κ3) is 4.66. The number of amides is 1. The summed E-state index contributed by atoms with van der Waals surface area (Å²) < 4.78 is 18.1. The molecule has 0 saturated carbocycles. The Morgan fingerprint density at radius 3 is 2.58 bits per heavy atom.